The van der Waals surface area contributed by atoms with E-state index in [2.05, 4.69) is 15.3 Å². The van der Waals surface area contributed by atoms with E-state index in [1.165, 1.54) is 0 Å². The summed E-state index contributed by atoms with van der Waals surface area (Å²) in [6, 6.07) is 1.79. The maximum Gasteiger partial charge on any atom is 0.340 e. The number of carbonyl (C=O) groups is 2. The smallest absolute Gasteiger partial charge is 0.340 e. The van der Waals surface area contributed by atoms with Crippen molar-refractivity contribution in [2.75, 3.05) is 11.9 Å². The summed E-state index contributed by atoms with van der Waals surface area (Å²) in [4.78, 5) is 31.4. The van der Waals surface area contributed by atoms with Gasteiger partial charge in [0.2, 0.25) is 0 Å². The molecule has 1 aliphatic rings. The third-order valence-electron chi connectivity index (χ3n) is 3.85. The zero-order valence-electron chi connectivity index (χ0n) is 13.2. The van der Waals surface area contributed by atoms with Gasteiger partial charge >= 0.3 is 5.97 Å². The second kappa shape index (κ2) is 5.72. The molecule has 1 aliphatic heterocycles. The predicted molar refractivity (Wildman–Crippen MR) is 87.0 cm³/mol. The van der Waals surface area contributed by atoms with Crippen LogP contribution in [0, 0.1) is 13.8 Å². The van der Waals surface area contributed by atoms with Crippen LogP contribution >= 0.6 is 0 Å². The third-order valence-corrected chi connectivity index (χ3v) is 3.85. The van der Waals surface area contributed by atoms with Crippen LogP contribution in [0.5, 0.6) is 0 Å². The second-order valence-electron chi connectivity index (χ2n) is 5.32. The molecule has 6 nitrogen and oxygen atoms in total. The van der Waals surface area contributed by atoms with Crippen molar-refractivity contribution in [3.05, 3.63) is 46.5 Å². The molecule has 118 valence electrons. The van der Waals surface area contributed by atoms with Crippen LogP contribution in [0.4, 0.5) is 5.69 Å². The molecule has 6 heteroatoms. The molecule has 0 atom stereocenters. The average Bonchev–Trinajstić information content (AvgIpc) is 2.97. The van der Waals surface area contributed by atoms with Crippen LogP contribution in [0.3, 0.4) is 0 Å². The second-order valence-corrected chi connectivity index (χ2v) is 5.32. The first-order valence-corrected chi connectivity index (χ1v) is 7.36. The van der Waals surface area contributed by atoms with E-state index < -0.39 is 0 Å². The molecular formula is C17H17N3O3. The normalized spacial score (nSPS) is 14.7. The number of aromatic amines is 1. The van der Waals surface area contributed by atoms with E-state index in [9.17, 15) is 9.59 Å². The van der Waals surface area contributed by atoms with Gasteiger partial charge in [-0.1, -0.05) is 0 Å². The van der Waals surface area contributed by atoms with Crippen LogP contribution in [-0.4, -0.2) is 28.5 Å². The molecule has 0 unspecified atom stereocenters. The van der Waals surface area contributed by atoms with Crippen LogP contribution in [0.2, 0.25) is 0 Å². The van der Waals surface area contributed by atoms with Crippen LogP contribution in [0.15, 0.2) is 18.5 Å². The summed E-state index contributed by atoms with van der Waals surface area (Å²) >= 11 is 0. The number of aryl methyl sites for hydroxylation is 1. The third kappa shape index (κ3) is 2.52. The van der Waals surface area contributed by atoms with Crippen molar-refractivity contribution in [3.8, 4) is 0 Å². The fraction of sp³-hybridized carbons (Fsp3) is 0.235. The average molecular weight is 311 g/mol. The maximum absolute atomic E-state index is 12.2. The van der Waals surface area contributed by atoms with Gasteiger partial charge in [-0.05, 0) is 38.5 Å². The van der Waals surface area contributed by atoms with Crippen molar-refractivity contribution in [2.45, 2.75) is 20.8 Å². The molecule has 0 saturated heterocycles. The van der Waals surface area contributed by atoms with E-state index >= 15 is 0 Å². The van der Waals surface area contributed by atoms with Gasteiger partial charge in [-0.3, -0.25) is 9.78 Å². The lowest BCUT2D eigenvalue weighted by molar-refractivity contribution is -0.110. The number of carbonyl (C=O) groups excluding carboxylic acids is 2. The zero-order chi connectivity index (χ0) is 16.6. The van der Waals surface area contributed by atoms with Crippen molar-refractivity contribution in [3.63, 3.8) is 0 Å². The quantitative estimate of drug-likeness (QED) is 0.674. The number of aromatic nitrogens is 2. The summed E-state index contributed by atoms with van der Waals surface area (Å²) in [6.07, 6.45) is 5.01. The summed E-state index contributed by atoms with van der Waals surface area (Å²) in [5.41, 5.74) is 4.77. The van der Waals surface area contributed by atoms with E-state index in [0.29, 0.717) is 23.4 Å². The number of hydrogen-bond acceptors (Lipinski definition) is 4. The lowest BCUT2D eigenvalue weighted by Gasteiger charge is -2.02. The first-order chi connectivity index (χ1) is 11.0. The van der Waals surface area contributed by atoms with Gasteiger partial charge in [-0.2, -0.15) is 0 Å². The predicted octanol–water partition coefficient (Wildman–Crippen LogP) is 2.70. The molecule has 3 heterocycles. The number of rotatable bonds is 3. The Balaban J connectivity index is 2.06. The Kier molecular flexibility index (Phi) is 3.73. The number of fused-ring (bicyclic) bond motifs is 1. The fourth-order valence-electron chi connectivity index (χ4n) is 2.76. The topological polar surface area (TPSA) is 84.1 Å². The number of amides is 1. The number of nitrogens with one attached hydrogen (secondary N) is 2. The van der Waals surface area contributed by atoms with Crippen LogP contribution in [0.1, 0.15) is 39.8 Å². The number of H-pyrrole nitrogens is 1. The van der Waals surface area contributed by atoms with Crippen molar-refractivity contribution in [2.24, 2.45) is 0 Å². The van der Waals surface area contributed by atoms with Crippen LogP contribution < -0.4 is 5.32 Å². The lowest BCUT2D eigenvalue weighted by Crippen LogP contribution is -2.06. The molecule has 0 bridgehead atoms. The van der Waals surface area contributed by atoms with Gasteiger partial charge in [-0.15, -0.1) is 0 Å². The molecule has 0 radical (unpaired) electrons. The Labute approximate surface area is 133 Å². The Bertz CT molecular complexity index is 834. The van der Waals surface area contributed by atoms with Gasteiger partial charge in [-0.25, -0.2) is 4.79 Å². The highest BCUT2D eigenvalue weighted by atomic mass is 16.5. The standard InChI is InChI=1S/C17H17N3O3/c1-4-23-17(22)15-9(2)13(19-10(15)3)7-12-11-5-6-18-8-14(11)20-16(12)21/h5-8,19H,4H2,1-3H3,(H,20,21). The highest BCUT2D eigenvalue weighted by Crippen LogP contribution is 2.33. The van der Waals surface area contributed by atoms with E-state index in [0.717, 1.165) is 22.5 Å². The monoisotopic (exact) mass is 311 g/mol. The number of nitrogens with zero attached hydrogens (tertiary/aromatic N) is 1. The van der Waals surface area contributed by atoms with Crippen molar-refractivity contribution in [1.82, 2.24) is 9.97 Å². The molecule has 2 aromatic heterocycles. The molecule has 0 aliphatic carbocycles. The van der Waals surface area contributed by atoms with E-state index in [4.69, 9.17) is 4.74 Å². The fourth-order valence-corrected chi connectivity index (χ4v) is 2.76. The summed E-state index contributed by atoms with van der Waals surface area (Å²) in [5, 5.41) is 2.78. The van der Waals surface area contributed by atoms with Gasteiger partial charge in [0.1, 0.15) is 0 Å². The molecule has 2 N–H and O–H groups in total. The molecular weight excluding hydrogens is 294 g/mol. The summed E-state index contributed by atoms with van der Waals surface area (Å²) in [6.45, 7) is 5.74. The van der Waals surface area contributed by atoms with E-state index in [1.807, 2.05) is 13.8 Å². The van der Waals surface area contributed by atoms with Crippen LogP contribution in [0.25, 0.3) is 11.6 Å². The number of anilines is 1. The molecule has 0 saturated carbocycles. The SMILES string of the molecule is CCOC(=O)c1c(C)[nH]c(C=C2C(=O)Nc3cnccc32)c1C. The Morgan fingerprint density at radius 2 is 2.17 bits per heavy atom. The number of pyridine rings is 1. The highest BCUT2D eigenvalue weighted by Gasteiger charge is 2.25. The molecule has 1 amide bonds. The number of esters is 1. The zero-order valence-corrected chi connectivity index (χ0v) is 13.2. The minimum atomic E-state index is -0.358. The summed E-state index contributed by atoms with van der Waals surface area (Å²) in [7, 11) is 0. The van der Waals surface area contributed by atoms with Crippen molar-refractivity contribution in [1.29, 1.82) is 0 Å². The Morgan fingerprint density at radius 1 is 1.39 bits per heavy atom. The van der Waals surface area contributed by atoms with Gasteiger partial charge in [0.25, 0.3) is 5.91 Å². The van der Waals surface area contributed by atoms with Crippen molar-refractivity contribution >= 4 is 29.2 Å². The van der Waals surface area contributed by atoms with E-state index in [-0.39, 0.29) is 11.9 Å². The number of ether oxygens (including phenoxy) is 1. The summed E-state index contributed by atoms with van der Waals surface area (Å²) in [5.74, 6) is -0.541. The van der Waals surface area contributed by atoms with Gasteiger partial charge in [0, 0.05) is 23.1 Å². The highest BCUT2D eigenvalue weighted by molar-refractivity contribution is 6.34. The lowest BCUT2D eigenvalue weighted by atomic mass is 10.1. The van der Waals surface area contributed by atoms with Crippen LogP contribution in [-0.2, 0) is 9.53 Å². The number of hydrogen-bond donors (Lipinski definition) is 2. The van der Waals surface area contributed by atoms with Crippen molar-refractivity contribution < 1.29 is 14.3 Å². The molecule has 0 fully saturated rings. The minimum Gasteiger partial charge on any atom is -0.462 e. The first-order valence-electron chi connectivity index (χ1n) is 7.36. The van der Waals surface area contributed by atoms with Gasteiger partial charge in [0.05, 0.1) is 29.6 Å². The molecule has 23 heavy (non-hydrogen) atoms. The molecule has 2 aromatic rings. The Hall–Kier alpha value is -2.89. The largest absolute Gasteiger partial charge is 0.462 e. The summed E-state index contributed by atoms with van der Waals surface area (Å²) < 4.78 is 5.08. The minimum absolute atomic E-state index is 0.183. The maximum atomic E-state index is 12.2. The van der Waals surface area contributed by atoms with Gasteiger partial charge < -0.3 is 15.0 Å². The Morgan fingerprint density at radius 3 is 2.91 bits per heavy atom. The first kappa shape index (κ1) is 15.0. The molecule has 0 aromatic carbocycles. The molecule has 0 spiro atoms. The molecule has 3 rings (SSSR count). The van der Waals surface area contributed by atoms with E-state index in [1.54, 1.807) is 31.5 Å². The van der Waals surface area contributed by atoms with Gasteiger partial charge in [0.15, 0.2) is 0 Å².